The highest BCUT2D eigenvalue weighted by atomic mass is 32.2. The second-order valence-electron chi connectivity index (χ2n) is 8.51. The number of nitrogen functional groups attached to an aromatic ring is 1. The lowest BCUT2D eigenvalue weighted by Crippen LogP contribution is -2.33. The molecule has 0 unspecified atom stereocenters. The quantitative estimate of drug-likeness (QED) is 0.174. The third kappa shape index (κ3) is 8.93. The van der Waals surface area contributed by atoms with Crippen LogP contribution >= 0.6 is 0 Å². The highest BCUT2D eigenvalue weighted by molar-refractivity contribution is 7.92. The third-order valence-corrected chi connectivity index (χ3v) is 6.71. The fourth-order valence-corrected chi connectivity index (χ4v) is 4.60. The summed E-state index contributed by atoms with van der Waals surface area (Å²) in [6.07, 6.45) is 0.306. The van der Waals surface area contributed by atoms with E-state index in [9.17, 15) is 27.9 Å². The number of rotatable bonds is 11. The first-order valence-electron chi connectivity index (χ1n) is 12.0. The van der Waals surface area contributed by atoms with Gasteiger partial charge in [-0.3, -0.25) is 9.52 Å². The Morgan fingerprint density at radius 3 is 2.23 bits per heavy atom. The van der Waals surface area contributed by atoms with Crippen molar-refractivity contribution in [2.45, 2.75) is 30.7 Å². The lowest BCUT2D eigenvalue weighted by Gasteiger charge is -2.19. The number of nitrogens with one attached hydrogen (secondary N) is 5. The van der Waals surface area contributed by atoms with Gasteiger partial charge in [0, 0.05) is 29.3 Å². The van der Waals surface area contributed by atoms with Crippen molar-refractivity contribution in [3.05, 3.63) is 78.4 Å². The highest BCUT2D eigenvalue weighted by Gasteiger charge is 2.20. The van der Waals surface area contributed by atoms with Crippen LogP contribution in [0.5, 0.6) is 0 Å². The fourth-order valence-electron chi connectivity index (χ4n) is 3.51. The Kier molecular flexibility index (Phi) is 9.70. The van der Waals surface area contributed by atoms with E-state index in [0.717, 1.165) is 6.42 Å². The number of anilines is 4. The van der Waals surface area contributed by atoms with E-state index in [1.165, 1.54) is 36.4 Å². The molecule has 0 radical (unpaired) electrons. The number of hydrogen-bond donors (Lipinski definition) is 7. The number of carboxylic acids is 1. The minimum Gasteiger partial charge on any atom is -0.481 e. The van der Waals surface area contributed by atoms with Crippen LogP contribution in [0.4, 0.5) is 32.3 Å². The smallest absolute Gasteiger partial charge is 0.319 e. The van der Waals surface area contributed by atoms with Crippen LogP contribution in [0.2, 0.25) is 0 Å². The summed E-state index contributed by atoms with van der Waals surface area (Å²) in [5.74, 6) is -1.16. The summed E-state index contributed by atoms with van der Waals surface area (Å²) >= 11 is 0. The summed E-state index contributed by atoms with van der Waals surface area (Å²) in [4.78, 5) is 35.9. The summed E-state index contributed by atoms with van der Waals surface area (Å²) in [5.41, 5.74) is 7.43. The van der Waals surface area contributed by atoms with E-state index >= 15 is 0 Å². The third-order valence-electron chi connectivity index (χ3n) is 5.33. The van der Waals surface area contributed by atoms with E-state index in [2.05, 4.69) is 26.0 Å². The fraction of sp³-hybridized carbons (Fsp3) is 0.192. The Labute approximate surface area is 226 Å². The standard InChI is InChI=1S/C26H30N6O6S/c1-2-13-28-25(35)30-20-6-4-8-22(15-20)39(37,38)32-21-7-3-5-17(14-21)23(16-24(33)34)31-26(36)29-19-11-9-18(27)10-12-19/h3-12,14-15,23,32H,2,13,16,27H2,1H3,(H,33,34)(H2,28,30,35)(H2,29,31,36)/t23-/m1/s1. The minimum atomic E-state index is -4.07. The largest absolute Gasteiger partial charge is 0.481 e. The monoisotopic (exact) mass is 554 g/mol. The van der Waals surface area contributed by atoms with Gasteiger partial charge in [0.1, 0.15) is 0 Å². The van der Waals surface area contributed by atoms with Gasteiger partial charge in [0.15, 0.2) is 0 Å². The van der Waals surface area contributed by atoms with Crippen molar-refractivity contribution in [1.29, 1.82) is 0 Å². The highest BCUT2D eigenvalue weighted by Crippen LogP contribution is 2.24. The van der Waals surface area contributed by atoms with Crippen molar-refractivity contribution >= 4 is 50.8 Å². The number of amides is 4. The van der Waals surface area contributed by atoms with Gasteiger partial charge in [-0.1, -0.05) is 25.1 Å². The van der Waals surface area contributed by atoms with Crippen molar-refractivity contribution < 1.29 is 27.9 Å². The minimum absolute atomic E-state index is 0.0933. The van der Waals surface area contributed by atoms with Gasteiger partial charge >= 0.3 is 18.0 Å². The molecule has 0 aromatic heterocycles. The number of carbonyl (C=O) groups is 3. The maximum absolute atomic E-state index is 13.1. The first-order valence-corrected chi connectivity index (χ1v) is 13.5. The molecule has 206 valence electrons. The van der Waals surface area contributed by atoms with E-state index < -0.39 is 40.5 Å². The molecule has 0 saturated carbocycles. The zero-order valence-electron chi connectivity index (χ0n) is 21.1. The van der Waals surface area contributed by atoms with Crippen LogP contribution in [0.15, 0.2) is 77.7 Å². The SMILES string of the molecule is CCCNC(=O)Nc1cccc(S(=O)(=O)Nc2cccc([C@@H](CC(=O)O)NC(=O)Nc3ccc(N)cc3)c2)c1. The molecule has 0 aliphatic heterocycles. The van der Waals surface area contributed by atoms with Gasteiger partial charge in [0.2, 0.25) is 0 Å². The van der Waals surface area contributed by atoms with Gasteiger partial charge in [0.05, 0.1) is 17.4 Å². The summed E-state index contributed by atoms with van der Waals surface area (Å²) in [5, 5.41) is 19.8. The molecule has 0 fully saturated rings. The Bertz CT molecular complexity index is 1430. The average molecular weight is 555 g/mol. The molecule has 0 spiro atoms. The molecule has 13 heteroatoms. The molecular formula is C26H30N6O6S. The van der Waals surface area contributed by atoms with E-state index in [-0.39, 0.29) is 16.3 Å². The summed E-state index contributed by atoms with van der Waals surface area (Å²) in [6.45, 7) is 2.38. The molecular weight excluding hydrogens is 524 g/mol. The average Bonchev–Trinajstić information content (AvgIpc) is 2.88. The number of urea groups is 2. The van der Waals surface area contributed by atoms with Crippen LogP contribution in [0.1, 0.15) is 31.4 Å². The van der Waals surface area contributed by atoms with Crippen LogP contribution in [0, 0.1) is 0 Å². The number of aliphatic carboxylic acids is 1. The van der Waals surface area contributed by atoms with Crippen LogP contribution in [-0.2, 0) is 14.8 Å². The molecule has 3 aromatic rings. The number of carbonyl (C=O) groups excluding carboxylic acids is 2. The molecule has 0 aliphatic rings. The van der Waals surface area contributed by atoms with Crippen LogP contribution < -0.4 is 31.7 Å². The zero-order chi connectivity index (χ0) is 28.4. The second-order valence-corrected chi connectivity index (χ2v) is 10.2. The number of benzene rings is 3. The molecule has 0 heterocycles. The van der Waals surface area contributed by atoms with Crippen LogP contribution in [-0.4, -0.2) is 38.1 Å². The van der Waals surface area contributed by atoms with Gasteiger partial charge in [-0.2, -0.15) is 0 Å². The topological polar surface area (TPSA) is 192 Å². The number of hydrogen-bond acceptors (Lipinski definition) is 6. The van der Waals surface area contributed by atoms with Gasteiger partial charge in [-0.05, 0) is 66.6 Å². The van der Waals surface area contributed by atoms with Gasteiger partial charge in [-0.15, -0.1) is 0 Å². The Balaban J connectivity index is 1.75. The molecule has 0 bridgehead atoms. The van der Waals surface area contributed by atoms with Crippen LogP contribution in [0.25, 0.3) is 0 Å². The van der Waals surface area contributed by atoms with Crippen molar-refractivity contribution in [1.82, 2.24) is 10.6 Å². The number of carboxylic acid groups (broad SMARTS) is 1. The van der Waals surface area contributed by atoms with Crippen molar-refractivity contribution in [3.63, 3.8) is 0 Å². The molecule has 3 rings (SSSR count). The van der Waals surface area contributed by atoms with Gasteiger partial charge in [0.25, 0.3) is 10.0 Å². The summed E-state index contributed by atoms with van der Waals surface area (Å²) in [6, 6.07) is 16.1. The first kappa shape index (κ1) is 28.8. The van der Waals surface area contributed by atoms with E-state index in [4.69, 9.17) is 5.73 Å². The molecule has 0 aliphatic carbocycles. The normalized spacial score (nSPS) is 11.6. The van der Waals surface area contributed by atoms with E-state index in [1.807, 2.05) is 6.92 Å². The summed E-state index contributed by atoms with van der Waals surface area (Å²) in [7, 11) is -4.07. The van der Waals surface area contributed by atoms with Crippen LogP contribution in [0.3, 0.4) is 0 Å². The zero-order valence-corrected chi connectivity index (χ0v) is 21.9. The maximum atomic E-state index is 13.1. The molecule has 8 N–H and O–H groups in total. The molecule has 12 nitrogen and oxygen atoms in total. The van der Waals surface area contributed by atoms with Crippen molar-refractivity contribution in [2.24, 2.45) is 0 Å². The Morgan fingerprint density at radius 2 is 1.54 bits per heavy atom. The molecule has 0 saturated heterocycles. The number of nitrogens with two attached hydrogens (primary N) is 1. The van der Waals surface area contributed by atoms with E-state index in [1.54, 1.807) is 36.4 Å². The molecule has 39 heavy (non-hydrogen) atoms. The lowest BCUT2D eigenvalue weighted by atomic mass is 10.0. The number of sulfonamides is 1. The van der Waals surface area contributed by atoms with Gasteiger partial charge < -0.3 is 32.1 Å². The second kappa shape index (κ2) is 13.1. The molecule has 4 amide bonds. The Hall–Kier alpha value is -4.78. The first-order chi connectivity index (χ1) is 18.6. The molecule has 3 aromatic carbocycles. The maximum Gasteiger partial charge on any atom is 0.319 e. The Morgan fingerprint density at radius 1 is 0.872 bits per heavy atom. The van der Waals surface area contributed by atoms with E-state index in [0.29, 0.717) is 23.5 Å². The lowest BCUT2D eigenvalue weighted by molar-refractivity contribution is -0.137. The van der Waals surface area contributed by atoms with Gasteiger partial charge in [-0.25, -0.2) is 18.0 Å². The van der Waals surface area contributed by atoms with Crippen molar-refractivity contribution in [2.75, 3.05) is 27.6 Å². The molecule has 1 atom stereocenters. The predicted molar refractivity (Wildman–Crippen MR) is 149 cm³/mol. The van der Waals surface area contributed by atoms with Crippen molar-refractivity contribution in [3.8, 4) is 0 Å². The summed E-state index contributed by atoms with van der Waals surface area (Å²) < 4.78 is 28.6. The predicted octanol–water partition coefficient (Wildman–Crippen LogP) is 3.94.